The van der Waals surface area contributed by atoms with Gasteiger partial charge in [-0.2, -0.15) is 13.2 Å². The van der Waals surface area contributed by atoms with Crippen LogP contribution >= 0.6 is 11.6 Å². The van der Waals surface area contributed by atoms with Crippen molar-refractivity contribution in [3.8, 4) is 11.1 Å². The zero-order valence-electron chi connectivity index (χ0n) is 18.0. The Morgan fingerprint density at radius 3 is 2.68 bits per heavy atom. The molecule has 2 unspecified atom stereocenters. The van der Waals surface area contributed by atoms with Crippen molar-refractivity contribution in [3.63, 3.8) is 0 Å². The summed E-state index contributed by atoms with van der Waals surface area (Å²) in [7, 11) is 0. The van der Waals surface area contributed by atoms with Crippen LogP contribution in [0.4, 0.5) is 18.0 Å². The van der Waals surface area contributed by atoms with Gasteiger partial charge in [-0.1, -0.05) is 11.6 Å². The van der Waals surface area contributed by atoms with Crippen molar-refractivity contribution in [1.29, 1.82) is 0 Å². The van der Waals surface area contributed by atoms with E-state index in [4.69, 9.17) is 20.8 Å². The molecule has 12 heteroatoms. The first-order valence-electron chi connectivity index (χ1n) is 10.7. The molecule has 34 heavy (non-hydrogen) atoms. The van der Waals surface area contributed by atoms with Gasteiger partial charge in [0.2, 0.25) is 0 Å². The molecule has 0 bridgehead atoms. The molecule has 2 atom stereocenters. The van der Waals surface area contributed by atoms with E-state index in [1.165, 1.54) is 29.7 Å². The molecule has 0 saturated carbocycles. The first-order valence-corrected chi connectivity index (χ1v) is 11.1. The maximum Gasteiger partial charge on any atom is 0.420 e. The molecule has 0 aliphatic carbocycles. The van der Waals surface area contributed by atoms with E-state index in [9.17, 15) is 22.8 Å². The minimum absolute atomic E-state index is 0.0695. The van der Waals surface area contributed by atoms with Crippen LogP contribution in [0.1, 0.15) is 35.8 Å². The maximum atomic E-state index is 13.9. The molecular formula is C22H20ClF3N4O4. The fraction of sp³-hybridized carbons (Fsp3) is 0.409. The average molecular weight is 497 g/mol. The predicted molar refractivity (Wildman–Crippen MR) is 114 cm³/mol. The summed E-state index contributed by atoms with van der Waals surface area (Å²) in [6.07, 6.45) is 0.0270. The summed E-state index contributed by atoms with van der Waals surface area (Å²) < 4.78 is 52.7. The summed E-state index contributed by atoms with van der Waals surface area (Å²) in [6, 6.07) is 2.14. The third-order valence-corrected chi connectivity index (χ3v) is 6.73. The number of imidazole rings is 1. The van der Waals surface area contributed by atoms with E-state index in [2.05, 4.69) is 4.98 Å². The van der Waals surface area contributed by atoms with Crippen LogP contribution in [0.2, 0.25) is 5.15 Å². The van der Waals surface area contributed by atoms with Gasteiger partial charge in [0.1, 0.15) is 11.8 Å². The molecule has 8 nitrogen and oxygen atoms in total. The van der Waals surface area contributed by atoms with Crippen molar-refractivity contribution in [2.75, 3.05) is 19.7 Å². The number of rotatable bonds is 3. The van der Waals surface area contributed by atoms with E-state index in [0.29, 0.717) is 38.1 Å². The topological polar surface area (TPSA) is 80.3 Å². The molecule has 0 aromatic carbocycles. The van der Waals surface area contributed by atoms with Crippen LogP contribution in [-0.2, 0) is 10.9 Å². The van der Waals surface area contributed by atoms with Gasteiger partial charge in [-0.05, 0) is 31.9 Å². The van der Waals surface area contributed by atoms with Gasteiger partial charge in [0, 0.05) is 36.0 Å². The number of nitrogens with zero attached hydrogens (tertiary/aromatic N) is 4. The van der Waals surface area contributed by atoms with E-state index >= 15 is 0 Å². The average Bonchev–Trinajstić information content (AvgIpc) is 3.53. The molecular weight excluding hydrogens is 477 g/mol. The lowest BCUT2D eigenvalue weighted by atomic mass is 9.96. The number of hydrogen-bond donors (Lipinski definition) is 0. The van der Waals surface area contributed by atoms with Gasteiger partial charge < -0.3 is 19.0 Å². The molecule has 0 spiro atoms. The Hall–Kier alpha value is -3.21. The number of carbonyl (C=O) groups excluding carboxylic acids is 2. The van der Waals surface area contributed by atoms with Crippen LogP contribution in [-0.4, -0.2) is 63.0 Å². The van der Waals surface area contributed by atoms with Gasteiger partial charge in [0.15, 0.2) is 11.3 Å². The van der Waals surface area contributed by atoms with E-state index in [-0.39, 0.29) is 34.6 Å². The lowest BCUT2D eigenvalue weighted by molar-refractivity contribution is -0.136. The van der Waals surface area contributed by atoms with Crippen molar-refractivity contribution in [2.45, 2.75) is 38.0 Å². The Balaban J connectivity index is 1.48. The predicted octanol–water partition coefficient (Wildman–Crippen LogP) is 4.71. The highest BCUT2D eigenvalue weighted by atomic mass is 35.5. The van der Waals surface area contributed by atoms with Crippen LogP contribution in [0, 0.1) is 0 Å². The normalized spacial score (nSPS) is 21.4. The van der Waals surface area contributed by atoms with E-state index in [1.54, 1.807) is 4.90 Å². The van der Waals surface area contributed by atoms with Crippen LogP contribution in [0.3, 0.4) is 0 Å². The number of fused-ring (bicyclic) bond motifs is 1. The van der Waals surface area contributed by atoms with E-state index in [1.807, 2.05) is 6.92 Å². The lowest BCUT2D eigenvalue weighted by Gasteiger charge is -2.40. The number of alkyl halides is 3. The number of cyclic esters (lactones) is 1. The van der Waals surface area contributed by atoms with Crippen LogP contribution in [0.25, 0.3) is 16.8 Å². The number of carbonyl (C=O) groups is 2. The van der Waals surface area contributed by atoms with Crippen molar-refractivity contribution in [3.05, 3.63) is 47.3 Å². The van der Waals surface area contributed by atoms with Crippen molar-refractivity contribution in [1.82, 2.24) is 19.2 Å². The third-order valence-electron chi connectivity index (χ3n) is 6.37. The summed E-state index contributed by atoms with van der Waals surface area (Å²) >= 11 is 6.42. The Labute approximate surface area is 196 Å². The molecule has 2 aliphatic heterocycles. The monoisotopic (exact) mass is 496 g/mol. The van der Waals surface area contributed by atoms with Gasteiger partial charge in [-0.15, -0.1) is 0 Å². The van der Waals surface area contributed by atoms with E-state index in [0.717, 1.165) is 10.5 Å². The second-order valence-electron chi connectivity index (χ2n) is 8.43. The molecule has 5 heterocycles. The minimum Gasteiger partial charge on any atom is -0.472 e. The number of aromatic nitrogens is 2. The number of furan rings is 1. The summed E-state index contributed by atoms with van der Waals surface area (Å²) in [6.45, 7) is 2.98. The fourth-order valence-corrected chi connectivity index (χ4v) is 4.91. The minimum atomic E-state index is -4.72. The number of halogens is 4. The molecule has 3 aromatic heterocycles. The number of likely N-dealkylation sites (tertiary alicyclic amines) is 1. The van der Waals surface area contributed by atoms with E-state index < -0.39 is 23.3 Å². The second-order valence-corrected chi connectivity index (χ2v) is 8.79. The van der Waals surface area contributed by atoms with Gasteiger partial charge in [-0.25, -0.2) is 9.78 Å². The molecule has 5 rings (SSSR count). The molecule has 0 N–H and O–H groups in total. The number of hydrogen-bond acceptors (Lipinski definition) is 5. The summed E-state index contributed by atoms with van der Waals surface area (Å²) in [5.41, 5.74) is -1.05. The lowest BCUT2D eigenvalue weighted by Crippen LogP contribution is -2.51. The number of amides is 2. The highest BCUT2D eigenvalue weighted by Gasteiger charge is 2.39. The highest BCUT2D eigenvalue weighted by Crippen LogP contribution is 2.37. The molecule has 2 fully saturated rings. The molecule has 2 amide bonds. The maximum absolute atomic E-state index is 13.9. The Morgan fingerprint density at radius 1 is 1.26 bits per heavy atom. The van der Waals surface area contributed by atoms with Gasteiger partial charge in [0.05, 0.1) is 24.6 Å². The third kappa shape index (κ3) is 3.77. The largest absolute Gasteiger partial charge is 0.472 e. The first kappa shape index (κ1) is 22.6. The zero-order chi connectivity index (χ0) is 24.2. The molecule has 2 saturated heterocycles. The zero-order valence-corrected chi connectivity index (χ0v) is 18.8. The number of piperidine rings is 1. The first-order chi connectivity index (χ1) is 16.1. The SMILES string of the molecule is CC1CC(N2CCOC2=O)CCN1C(=O)c1nc2c(C(F)(F)F)cc(-c3ccoc3)cn2c1Cl. The number of ether oxygens (including phenoxy) is 1. The van der Waals surface area contributed by atoms with Crippen LogP contribution in [0.5, 0.6) is 0 Å². The van der Waals surface area contributed by atoms with Crippen LogP contribution in [0.15, 0.2) is 35.3 Å². The Kier molecular flexibility index (Phi) is 5.46. The Morgan fingerprint density at radius 2 is 2.06 bits per heavy atom. The van der Waals surface area contributed by atoms with Crippen LogP contribution < -0.4 is 0 Å². The molecule has 180 valence electrons. The number of pyridine rings is 1. The summed E-state index contributed by atoms with van der Waals surface area (Å²) in [5.74, 6) is -0.554. The second kappa shape index (κ2) is 8.23. The fourth-order valence-electron chi connectivity index (χ4n) is 4.65. The van der Waals surface area contributed by atoms with Crippen molar-refractivity contribution >= 4 is 29.2 Å². The highest BCUT2D eigenvalue weighted by molar-refractivity contribution is 6.33. The summed E-state index contributed by atoms with van der Waals surface area (Å²) in [4.78, 5) is 32.4. The standard InChI is InChI=1S/C22H20ClF3N4O4/c1-12-8-15(29-5-7-34-21(29)32)2-4-28(12)20(31)17-18(23)30-10-14(13-3-6-33-11-13)9-16(19(30)27-17)22(24,25)26/h3,6,9-12,15H,2,4-5,7-8H2,1H3. The van der Waals surface area contributed by atoms with Gasteiger partial charge >= 0.3 is 12.3 Å². The van der Waals surface area contributed by atoms with Crippen molar-refractivity contribution in [2.24, 2.45) is 0 Å². The quantitative estimate of drug-likeness (QED) is 0.524. The molecule has 3 aromatic rings. The molecule has 2 aliphatic rings. The van der Waals surface area contributed by atoms with Gasteiger partial charge in [-0.3, -0.25) is 9.20 Å². The molecule has 0 radical (unpaired) electrons. The van der Waals surface area contributed by atoms with Crippen molar-refractivity contribution < 1.29 is 31.9 Å². The smallest absolute Gasteiger partial charge is 0.420 e. The van der Waals surface area contributed by atoms with Gasteiger partial charge in [0.25, 0.3) is 5.91 Å². The summed E-state index contributed by atoms with van der Waals surface area (Å²) in [5, 5.41) is -0.201. The Bertz CT molecular complexity index is 1260.